The first-order chi connectivity index (χ1) is 11.7. The Morgan fingerprint density at radius 2 is 1.88 bits per heavy atom. The van der Waals surface area contributed by atoms with Crippen LogP contribution in [0.1, 0.15) is 26.2 Å². The molecule has 2 saturated heterocycles. The van der Waals surface area contributed by atoms with Crippen LogP contribution in [0.2, 0.25) is 0 Å². The smallest absolute Gasteiger partial charge is 0.407 e. The average Bonchev–Trinajstić information content (AvgIpc) is 3.19. The normalized spacial score (nSPS) is 25.5. The first-order valence-electron chi connectivity index (χ1n) is 8.28. The van der Waals surface area contributed by atoms with E-state index in [-0.39, 0.29) is 12.5 Å². The van der Waals surface area contributed by atoms with Crippen molar-refractivity contribution in [2.45, 2.75) is 44.4 Å². The summed E-state index contributed by atoms with van der Waals surface area (Å²) in [5, 5.41) is 21.0. The Bertz CT molecular complexity index is 566. The van der Waals surface area contributed by atoms with E-state index in [9.17, 15) is 24.3 Å². The van der Waals surface area contributed by atoms with Crippen LogP contribution < -0.4 is 11.1 Å². The van der Waals surface area contributed by atoms with Crippen LogP contribution in [0.25, 0.3) is 0 Å². The second-order valence-electron chi connectivity index (χ2n) is 6.53. The average molecular weight is 356 g/mol. The van der Waals surface area contributed by atoms with Crippen molar-refractivity contribution in [3.8, 4) is 0 Å². The Morgan fingerprint density at radius 3 is 2.44 bits per heavy atom. The molecule has 0 spiro atoms. The number of nitrogens with zero attached hydrogens (tertiary/aromatic N) is 2. The summed E-state index contributed by atoms with van der Waals surface area (Å²) >= 11 is 0. The third-order valence-corrected chi connectivity index (χ3v) is 4.74. The highest BCUT2D eigenvalue weighted by molar-refractivity contribution is 5.90. The largest absolute Gasteiger partial charge is 0.465 e. The van der Waals surface area contributed by atoms with Crippen molar-refractivity contribution >= 4 is 23.8 Å². The summed E-state index contributed by atoms with van der Waals surface area (Å²) in [5.41, 5.74) is 5.15. The highest BCUT2D eigenvalue weighted by Crippen LogP contribution is 2.24. The van der Waals surface area contributed by atoms with E-state index >= 15 is 0 Å². The van der Waals surface area contributed by atoms with Crippen molar-refractivity contribution in [3.63, 3.8) is 0 Å². The highest BCUT2D eigenvalue weighted by atomic mass is 16.4. The van der Waals surface area contributed by atoms with E-state index in [1.54, 1.807) is 0 Å². The molecular weight excluding hydrogens is 332 g/mol. The van der Waals surface area contributed by atoms with Crippen LogP contribution in [0.15, 0.2) is 0 Å². The lowest BCUT2D eigenvalue weighted by Crippen LogP contribution is -2.52. The molecule has 0 aromatic heterocycles. The Morgan fingerprint density at radius 1 is 1.20 bits per heavy atom. The lowest BCUT2D eigenvalue weighted by molar-refractivity contribution is -0.135. The van der Waals surface area contributed by atoms with Gasteiger partial charge in [0.25, 0.3) is 0 Å². The fourth-order valence-corrected chi connectivity index (χ4v) is 3.34. The van der Waals surface area contributed by atoms with Gasteiger partial charge in [-0.3, -0.25) is 19.3 Å². The zero-order valence-corrected chi connectivity index (χ0v) is 14.1. The van der Waals surface area contributed by atoms with Gasteiger partial charge in [-0.1, -0.05) is 0 Å². The van der Waals surface area contributed by atoms with Gasteiger partial charge in [-0.2, -0.15) is 0 Å². The van der Waals surface area contributed by atoms with Crippen LogP contribution in [-0.2, 0) is 14.4 Å². The lowest BCUT2D eigenvalue weighted by atomic mass is 10.1. The molecule has 10 nitrogen and oxygen atoms in total. The number of carbonyl (C=O) groups excluding carboxylic acids is 3. The topological polar surface area (TPSA) is 153 Å². The summed E-state index contributed by atoms with van der Waals surface area (Å²) in [6.07, 6.45) is -0.726. The molecule has 2 aliphatic heterocycles. The van der Waals surface area contributed by atoms with Gasteiger partial charge in [0.15, 0.2) is 0 Å². The number of carboxylic acid groups (broad SMARTS) is 1. The van der Waals surface area contributed by atoms with Crippen LogP contribution >= 0.6 is 0 Å². The number of nitrogens with two attached hydrogens (primary N) is 1. The van der Waals surface area contributed by atoms with Gasteiger partial charge in [-0.05, 0) is 26.2 Å². The highest BCUT2D eigenvalue weighted by Gasteiger charge is 2.40. The molecule has 2 heterocycles. The maximum absolute atomic E-state index is 12.5. The molecule has 0 aliphatic carbocycles. The fraction of sp³-hybridized carbons (Fsp3) is 0.733. The van der Waals surface area contributed by atoms with E-state index in [0.29, 0.717) is 32.4 Å². The zero-order valence-electron chi connectivity index (χ0n) is 14.1. The molecular formula is C15H24N4O6. The van der Waals surface area contributed by atoms with Crippen molar-refractivity contribution in [2.24, 2.45) is 11.7 Å². The van der Waals surface area contributed by atoms with Gasteiger partial charge in [-0.25, -0.2) is 4.79 Å². The molecule has 0 bridgehead atoms. The number of amides is 4. The van der Waals surface area contributed by atoms with Crippen LogP contribution in [0.3, 0.4) is 0 Å². The number of primary amides is 1. The van der Waals surface area contributed by atoms with Crippen LogP contribution in [0, 0.1) is 5.92 Å². The minimum Gasteiger partial charge on any atom is -0.465 e. The standard InChI is InChI=1S/C15H24N4O6/c1-8(20)11(12(16)21)17-13(22)9-4-6-18(7-9)14(23)10-3-2-5-19(10)15(24)25/h8-11,20H,2-7H2,1H3,(H2,16,21)(H,17,22)(H,24,25)/t8-,9-,10-,11+/m1/s1. The van der Waals surface area contributed by atoms with Gasteiger partial charge in [0, 0.05) is 19.6 Å². The number of likely N-dealkylation sites (tertiary alicyclic amines) is 2. The van der Waals surface area contributed by atoms with Gasteiger partial charge in [-0.15, -0.1) is 0 Å². The first-order valence-corrected chi connectivity index (χ1v) is 8.28. The molecule has 25 heavy (non-hydrogen) atoms. The predicted octanol–water partition coefficient (Wildman–Crippen LogP) is -1.67. The maximum atomic E-state index is 12.5. The van der Waals surface area contributed by atoms with Crippen molar-refractivity contribution < 1.29 is 29.4 Å². The second kappa shape index (κ2) is 7.68. The van der Waals surface area contributed by atoms with Crippen molar-refractivity contribution in [3.05, 3.63) is 0 Å². The van der Waals surface area contributed by atoms with Crippen LogP contribution in [0.4, 0.5) is 4.79 Å². The molecule has 10 heteroatoms. The van der Waals surface area contributed by atoms with Gasteiger partial charge in [0.1, 0.15) is 12.1 Å². The number of carbonyl (C=O) groups is 4. The third kappa shape index (κ3) is 4.19. The molecule has 0 aromatic rings. The summed E-state index contributed by atoms with van der Waals surface area (Å²) in [4.78, 5) is 49.8. The van der Waals surface area contributed by atoms with Crippen LogP contribution in [-0.4, -0.2) is 81.6 Å². The Labute approximate surface area is 144 Å². The van der Waals surface area contributed by atoms with Crippen molar-refractivity contribution in [2.75, 3.05) is 19.6 Å². The number of hydrogen-bond acceptors (Lipinski definition) is 5. The summed E-state index contributed by atoms with van der Waals surface area (Å²) < 4.78 is 0. The first kappa shape index (κ1) is 19.0. The molecule has 2 fully saturated rings. The maximum Gasteiger partial charge on any atom is 0.407 e. The quantitative estimate of drug-likeness (QED) is 0.462. The molecule has 4 amide bonds. The van der Waals surface area contributed by atoms with E-state index < -0.39 is 42.0 Å². The summed E-state index contributed by atoms with van der Waals surface area (Å²) in [7, 11) is 0. The number of aliphatic hydroxyl groups is 1. The summed E-state index contributed by atoms with van der Waals surface area (Å²) in [5.74, 6) is -2.11. The van der Waals surface area contributed by atoms with Gasteiger partial charge in [0.05, 0.1) is 12.0 Å². The summed E-state index contributed by atoms with van der Waals surface area (Å²) in [6, 6.07) is -1.88. The fourth-order valence-electron chi connectivity index (χ4n) is 3.34. The number of hydrogen-bond donors (Lipinski definition) is 4. The van der Waals surface area contributed by atoms with E-state index in [0.717, 1.165) is 4.90 Å². The molecule has 4 atom stereocenters. The summed E-state index contributed by atoms with van der Waals surface area (Å²) in [6.45, 7) is 2.18. The molecule has 0 aromatic carbocycles. The zero-order chi connectivity index (χ0) is 18.7. The Kier molecular flexibility index (Phi) is 5.83. The Hall–Kier alpha value is -2.36. The Balaban J connectivity index is 1.94. The lowest BCUT2D eigenvalue weighted by Gasteiger charge is -2.26. The minimum absolute atomic E-state index is 0.153. The molecule has 2 rings (SSSR count). The SMILES string of the molecule is C[C@@H](O)[C@H](NC(=O)[C@@H]1CCN(C(=O)[C@H]2CCCN2C(=O)O)C1)C(N)=O. The van der Waals surface area contributed by atoms with Crippen molar-refractivity contribution in [1.29, 1.82) is 0 Å². The van der Waals surface area contributed by atoms with Gasteiger partial charge >= 0.3 is 6.09 Å². The van der Waals surface area contributed by atoms with E-state index in [1.807, 2.05) is 0 Å². The monoisotopic (exact) mass is 356 g/mol. The van der Waals surface area contributed by atoms with E-state index in [2.05, 4.69) is 5.32 Å². The number of rotatable bonds is 5. The number of aliphatic hydroxyl groups excluding tert-OH is 1. The predicted molar refractivity (Wildman–Crippen MR) is 85.2 cm³/mol. The van der Waals surface area contributed by atoms with Crippen molar-refractivity contribution in [1.82, 2.24) is 15.1 Å². The minimum atomic E-state index is -1.19. The molecule has 0 saturated carbocycles. The molecule has 140 valence electrons. The molecule has 2 aliphatic rings. The van der Waals surface area contributed by atoms with E-state index in [4.69, 9.17) is 10.8 Å². The van der Waals surface area contributed by atoms with E-state index in [1.165, 1.54) is 11.8 Å². The number of nitrogens with one attached hydrogen (secondary N) is 1. The molecule has 5 N–H and O–H groups in total. The molecule has 0 unspecified atom stereocenters. The molecule has 0 radical (unpaired) electrons. The van der Waals surface area contributed by atoms with Gasteiger partial charge in [0.2, 0.25) is 17.7 Å². The van der Waals surface area contributed by atoms with Crippen LogP contribution in [0.5, 0.6) is 0 Å². The second-order valence-corrected chi connectivity index (χ2v) is 6.53. The third-order valence-electron chi connectivity index (χ3n) is 4.74. The van der Waals surface area contributed by atoms with Gasteiger partial charge < -0.3 is 26.2 Å².